The number of ketones is 2. The van der Waals surface area contributed by atoms with Crippen LogP contribution in [0.5, 0.6) is 0 Å². The second kappa shape index (κ2) is 19.3. The minimum Gasteiger partial charge on any atom is -0.481 e. The van der Waals surface area contributed by atoms with Crippen molar-refractivity contribution in [3.05, 3.63) is 0 Å². The molecular formula is C24H41N3O9. The zero-order valence-electron chi connectivity index (χ0n) is 21.7. The number of amides is 3. The summed E-state index contributed by atoms with van der Waals surface area (Å²) in [5.41, 5.74) is 0. The number of carbonyl (C=O) groups is 6. The molecule has 0 bridgehead atoms. The van der Waals surface area contributed by atoms with E-state index < -0.39 is 29.7 Å². The molecule has 0 rings (SSSR count). The van der Waals surface area contributed by atoms with Crippen LogP contribution in [-0.4, -0.2) is 85.9 Å². The predicted molar refractivity (Wildman–Crippen MR) is 130 cm³/mol. The van der Waals surface area contributed by atoms with Gasteiger partial charge in [-0.15, -0.1) is 0 Å². The van der Waals surface area contributed by atoms with Gasteiger partial charge in [0.1, 0.15) is 17.6 Å². The standard InChI is InChI=1S/C24H41N3O9/c1-16(2)19(28)7-11-35-13-9-21(30)27-18(5-6-23(32)33)24(34)26-15-22(31)25-10-14-36-12-8-20(29)17(3)4/h16-18H,5-15H2,1-4H3,(H,25,31)(H,26,34)(H,27,30)(H,32,33). The summed E-state index contributed by atoms with van der Waals surface area (Å²) in [4.78, 5) is 70.4. The Hall–Kier alpha value is -2.86. The van der Waals surface area contributed by atoms with E-state index in [0.717, 1.165) is 0 Å². The van der Waals surface area contributed by atoms with Crippen LogP contribution in [0, 0.1) is 11.8 Å². The van der Waals surface area contributed by atoms with Gasteiger partial charge in [-0.05, 0) is 6.42 Å². The van der Waals surface area contributed by atoms with Gasteiger partial charge in [-0.3, -0.25) is 28.8 Å². The zero-order chi connectivity index (χ0) is 27.5. The molecule has 0 heterocycles. The number of nitrogens with one attached hydrogen (secondary N) is 3. The van der Waals surface area contributed by atoms with Crippen molar-refractivity contribution in [2.45, 2.75) is 65.8 Å². The highest BCUT2D eigenvalue weighted by atomic mass is 16.5. The van der Waals surface area contributed by atoms with Gasteiger partial charge in [-0.1, -0.05) is 27.7 Å². The SMILES string of the molecule is CC(C)C(=O)CCOCCNC(=O)CNC(=O)C(CCC(=O)O)NC(=O)CCOCCC(=O)C(C)C. The quantitative estimate of drug-likeness (QED) is 0.156. The molecule has 0 saturated heterocycles. The van der Waals surface area contributed by atoms with E-state index in [4.69, 9.17) is 14.6 Å². The molecule has 1 unspecified atom stereocenters. The fraction of sp³-hybridized carbons (Fsp3) is 0.750. The Kier molecular flexibility index (Phi) is 17.8. The first-order valence-electron chi connectivity index (χ1n) is 12.2. The van der Waals surface area contributed by atoms with Gasteiger partial charge in [-0.2, -0.15) is 0 Å². The number of aliphatic carboxylic acids is 1. The van der Waals surface area contributed by atoms with Gasteiger partial charge in [-0.25, -0.2) is 0 Å². The Morgan fingerprint density at radius 2 is 1.22 bits per heavy atom. The molecule has 12 heteroatoms. The fourth-order valence-corrected chi connectivity index (χ4v) is 2.71. The summed E-state index contributed by atoms with van der Waals surface area (Å²) in [5.74, 6) is -2.82. The third-order valence-corrected chi connectivity index (χ3v) is 5.04. The van der Waals surface area contributed by atoms with Crippen LogP contribution in [0.2, 0.25) is 0 Å². The van der Waals surface area contributed by atoms with E-state index in [1.54, 1.807) is 13.8 Å². The van der Waals surface area contributed by atoms with Crippen LogP contribution in [-0.2, 0) is 38.2 Å². The predicted octanol–water partition coefficient (Wildman–Crippen LogP) is 0.222. The first-order chi connectivity index (χ1) is 16.9. The average molecular weight is 516 g/mol. The highest BCUT2D eigenvalue weighted by Crippen LogP contribution is 2.01. The van der Waals surface area contributed by atoms with Crippen LogP contribution in [0.3, 0.4) is 0 Å². The van der Waals surface area contributed by atoms with E-state index in [-0.39, 0.29) is 88.6 Å². The summed E-state index contributed by atoms with van der Waals surface area (Å²) in [5, 5.41) is 16.3. The number of carbonyl (C=O) groups excluding carboxylic acids is 5. The van der Waals surface area contributed by atoms with E-state index in [1.807, 2.05) is 13.8 Å². The molecule has 36 heavy (non-hydrogen) atoms. The zero-order valence-corrected chi connectivity index (χ0v) is 21.7. The molecule has 0 saturated carbocycles. The van der Waals surface area contributed by atoms with Crippen molar-refractivity contribution in [2.24, 2.45) is 11.8 Å². The maximum Gasteiger partial charge on any atom is 0.303 e. The van der Waals surface area contributed by atoms with Crippen LogP contribution in [0.25, 0.3) is 0 Å². The number of carboxylic acids is 1. The highest BCUT2D eigenvalue weighted by molar-refractivity contribution is 5.90. The van der Waals surface area contributed by atoms with Crippen LogP contribution >= 0.6 is 0 Å². The lowest BCUT2D eigenvalue weighted by Gasteiger charge is -2.18. The molecule has 0 radical (unpaired) electrons. The van der Waals surface area contributed by atoms with Crippen molar-refractivity contribution >= 4 is 35.3 Å². The van der Waals surface area contributed by atoms with E-state index in [2.05, 4.69) is 16.0 Å². The lowest BCUT2D eigenvalue weighted by molar-refractivity contribution is -0.138. The Bertz CT molecular complexity index is 738. The summed E-state index contributed by atoms with van der Waals surface area (Å²) in [6, 6.07) is -1.13. The van der Waals surface area contributed by atoms with Crippen LogP contribution < -0.4 is 16.0 Å². The Morgan fingerprint density at radius 3 is 1.75 bits per heavy atom. The number of ether oxygens (including phenoxy) is 2. The normalized spacial score (nSPS) is 11.7. The molecule has 0 aromatic rings. The van der Waals surface area contributed by atoms with Crippen LogP contribution in [0.4, 0.5) is 0 Å². The summed E-state index contributed by atoms with van der Waals surface area (Å²) in [7, 11) is 0. The first-order valence-corrected chi connectivity index (χ1v) is 12.2. The van der Waals surface area contributed by atoms with Crippen molar-refractivity contribution in [1.82, 2.24) is 16.0 Å². The van der Waals surface area contributed by atoms with Gasteiger partial charge in [0.25, 0.3) is 0 Å². The van der Waals surface area contributed by atoms with E-state index >= 15 is 0 Å². The second-order valence-electron chi connectivity index (χ2n) is 8.84. The lowest BCUT2D eigenvalue weighted by atomic mass is 10.1. The molecule has 0 spiro atoms. The van der Waals surface area contributed by atoms with Crippen molar-refractivity contribution in [3.8, 4) is 0 Å². The molecule has 0 fully saturated rings. The fourth-order valence-electron chi connectivity index (χ4n) is 2.71. The van der Waals surface area contributed by atoms with Gasteiger partial charge in [0.15, 0.2) is 0 Å². The summed E-state index contributed by atoms with van der Waals surface area (Å²) < 4.78 is 10.6. The largest absolute Gasteiger partial charge is 0.481 e. The van der Waals surface area contributed by atoms with Crippen molar-refractivity contribution in [3.63, 3.8) is 0 Å². The first kappa shape index (κ1) is 33.1. The van der Waals surface area contributed by atoms with Gasteiger partial charge in [0.05, 0.1) is 33.0 Å². The van der Waals surface area contributed by atoms with E-state index in [0.29, 0.717) is 6.42 Å². The highest BCUT2D eigenvalue weighted by Gasteiger charge is 2.22. The summed E-state index contributed by atoms with van der Waals surface area (Å²) in [6.45, 7) is 7.71. The molecule has 4 N–H and O–H groups in total. The van der Waals surface area contributed by atoms with Gasteiger partial charge in [0.2, 0.25) is 17.7 Å². The topological polar surface area (TPSA) is 177 Å². The number of Topliss-reactive ketones (excluding diaryl/α,β-unsaturated/α-hetero) is 2. The van der Waals surface area contributed by atoms with Gasteiger partial charge in [0, 0.05) is 44.1 Å². The molecular weight excluding hydrogens is 474 g/mol. The van der Waals surface area contributed by atoms with E-state index in [9.17, 15) is 28.8 Å². The average Bonchev–Trinajstić information content (AvgIpc) is 2.81. The molecule has 0 aromatic heterocycles. The smallest absolute Gasteiger partial charge is 0.303 e. The minimum atomic E-state index is -1.13. The monoisotopic (exact) mass is 515 g/mol. The molecule has 0 aliphatic carbocycles. The second-order valence-corrected chi connectivity index (χ2v) is 8.84. The Morgan fingerprint density at radius 1 is 0.694 bits per heavy atom. The molecule has 0 aliphatic heterocycles. The summed E-state index contributed by atoms with van der Waals surface area (Å²) >= 11 is 0. The lowest BCUT2D eigenvalue weighted by Crippen LogP contribution is -2.49. The molecule has 3 amide bonds. The molecule has 0 aliphatic rings. The molecule has 0 aromatic carbocycles. The number of rotatable bonds is 21. The van der Waals surface area contributed by atoms with Crippen LogP contribution in [0.15, 0.2) is 0 Å². The molecule has 12 nitrogen and oxygen atoms in total. The van der Waals surface area contributed by atoms with E-state index in [1.165, 1.54) is 0 Å². The number of carboxylic acid groups (broad SMARTS) is 1. The van der Waals surface area contributed by atoms with Crippen molar-refractivity contribution < 1.29 is 43.3 Å². The Balaban J connectivity index is 4.32. The van der Waals surface area contributed by atoms with Crippen molar-refractivity contribution in [1.29, 1.82) is 0 Å². The number of hydrogen-bond donors (Lipinski definition) is 4. The Labute approximate surface area is 212 Å². The minimum absolute atomic E-state index is 0.0422. The third-order valence-electron chi connectivity index (χ3n) is 5.04. The van der Waals surface area contributed by atoms with Gasteiger partial charge < -0.3 is 30.5 Å². The summed E-state index contributed by atoms with van der Waals surface area (Å²) in [6.07, 6.45) is -0.0316. The van der Waals surface area contributed by atoms with Crippen molar-refractivity contribution in [2.75, 3.05) is 39.5 Å². The maximum atomic E-state index is 12.4. The van der Waals surface area contributed by atoms with Gasteiger partial charge >= 0.3 is 5.97 Å². The third kappa shape index (κ3) is 17.6. The maximum absolute atomic E-state index is 12.4. The molecule has 1 atom stereocenters. The van der Waals surface area contributed by atoms with Crippen LogP contribution in [0.1, 0.15) is 59.8 Å². The molecule has 206 valence electrons. The number of hydrogen-bond acceptors (Lipinski definition) is 8.